The number of aromatic nitrogens is 2. The number of likely N-dealkylation sites (tertiary alicyclic amines) is 1. The molecule has 5 N–H and O–H groups in total. The summed E-state index contributed by atoms with van der Waals surface area (Å²) in [6.45, 7) is 9.52. The second kappa shape index (κ2) is 13.8. The topological polar surface area (TPSA) is 143 Å². The molecular weight excluding hydrogens is 568 g/mol. The zero-order chi connectivity index (χ0) is 30.0. The van der Waals surface area contributed by atoms with Gasteiger partial charge in [-0.25, -0.2) is 9.59 Å². The molecule has 5 rings (SSSR count). The summed E-state index contributed by atoms with van der Waals surface area (Å²) in [5.74, 6) is 1.58. The van der Waals surface area contributed by atoms with Gasteiger partial charge in [0.15, 0.2) is 0 Å². The predicted molar refractivity (Wildman–Crippen MR) is 171 cm³/mol. The number of piperazine rings is 1. The van der Waals surface area contributed by atoms with Gasteiger partial charge in [0.1, 0.15) is 5.82 Å². The van der Waals surface area contributed by atoms with Crippen LogP contribution in [0.2, 0.25) is 0 Å². The molecule has 3 heterocycles. The Labute approximate surface area is 260 Å². The van der Waals surface area contributed by atoms with Crippen LogP contribution in [-0.4, -0.2) is 93.1 Å². The Balaban J connectivity index is 0.00000423. The van der Waals surface area contributed by atoms with Gasteiger partial charge in [0.25, 0.3) is 0 Å². The fourth-order valence-corrected chi connectivity index (χ4v) is 6.78. The summed E-state index contributed by atoms with van der Waals surface area (Å²) in [5, 5.41) is 2.71. The SMILES string of the molecule is CCC(Cc1ccc(-n2ccc(NC(=O)N3CCN(C(=O)C(C)(C)N)CC3)nc2=O)cc1)N1CC2CCC(N)CC2C1.Cl. The van der Waals surface area contributed by atoms with E-state index in [0.29, 0.717) is 38.3 Å². The van der Waals surface area contributed by atoms with Gasteiger partial charge in [-0.15, -0.1) is 12.4 Å². The van der Waals surface area contributed by atoms with E-state index in [9.17, 15) is 14.4 Å². The average molecular weight is 615 g/mol. The van der Waals surface area contributed by atoms with E-state index in [1.54, 1.807) is 35.9 Å². The van der Waals surface area contributed by atoms with E-state index in [2.05, 4.69) is 34.3 Å². The van der Waals surface area contributed by atoms with Crippen LogP contribution in [0.4, 0.5) is 10.6 Å². The smallest absolute Gasteiger partial charge is 0.338 e. The lowest BCUT2D eigenvalue weighted by Crippen LogP contribution is -2.58. The molecule has 0 bridgehead atoms. The number of benzene rings is 1. The first kappa shape index (κ1) is 32.9. The number of amides is 3. The number of carbonyl (C=O) groups is 2. The lowest BCUT2D eigenvalue weighted by Gasteiger charge is -2.37. The Kier molecular flexibility index (Phi) is 10.5. The maximum atomic E-state index is 12.9. The van der Waals surface area contributed by atoms with Crippen LogP contribution in [0.15, 0.2) is 41.3 Å². The first-order chi connectivity index (χ1) is 20.0. The minimum atomic E-state index is -0.946. The number of carbonyl (C=O) groups excluding carboxylic acids is 2. The van der Waals surface area contributed by atoms with Crippen molar-refractivity contribution < 1.29 is 9.59 Å². The highest BCUT2D eigenvalue weighted by molar-refractivity contribution is 5.89. The molecule has 12 heteroatoms. The maximum absolute atomic E-state index is 12.9. The summed E-state index contributed by atoms with van der Waals surface area (Å²) in [7, 11) is 0. The second-order valence-corrected chi connectivity index (χ2v) is 12.9. The number of urea groups is 1. The van der Waals surface area contributed by atoms with Crippen LogP contribution < -0.4 is 22.5 Å². The van der Waals surface area contributed by atoms with Crippen molar-refractivity contribution in [2.75, 3.05) is 44.6 Å². The number of nitrogens with zero attached hydrogens (tertiary/aromatic N) is 5. The summed E-state index contributed by atoms with van der Waals surface area (Å²) in [6, 6.07) is 10.2. The van der Waals surface area contributed by atoms with Crippen LogP contribution in [0.1, 0.15) is 52.0 Å². The van der Waals surface area contributed by atoms with Crippen LogP contribution in [0.5, 0.6) is 0 Å². The van der Waals surface area contributed by atoms with Crippen LogP contribution in [0.25, 0.3) is 5.69 Å². The maximum Gasteiger partial charge on any atom is 0.354 e. The fraction of sp³-hybridized carbons (Fsp3) is 0.613. The molecule has 0 spiro atoms. The number of hydrogen-bond donors (Lipinski definition) is 3. The van der Waals surface area contributed by atoms with Gasteiger partial charge >= 0.3 is 11.7 Å². The number of rotatable bonds is 7. The molecule has 43 heavy (non-hydrogen) atoms. The van der Waals surface area contributed by atoms with Gasteiger partial charge in [0, 0.05) is 57.5 Å². The van der Waals surface area contributed by atoms with Gasteiger partial charge in [0.2, 0.25) is 5.91 Å². The summed E-state index contributed by atoms with van der Waals surface area (Å²) in [4.78, 5) is 48.0. The van der Waals surface area contributed by atoms with Gasteiger partial charge < -0.3 is 21.3 Å². The van der Waals surface area contributed by atoms with Crippen molar-refractivity contribution in [1.82, 2.24) is 24.3 Å². The Morgan fingerprint density at radius 3 is 2.30 bits per heavy atom. The van der Waals surface area contributed by atoms with Crippen LogP contribution in [0, 0.1) is 11.8 Å². The van der Waals surface area contributed by atoms with E-state index in [1.807, 2.05) is 12.1 Å². The number of halogens is 1. The molecule has 3 aliphatic rings. The molecule has 11 nitrogen and oxygen atoms in total. The third kappa shape index (κ3) is 7.75. The number of nitrogens with one attached hydrogen (secondary N) is 1. The summed E-state index contributed by atoms with van der Waals surface area (Å²) in [5.41, 5.74) is 12.7. The van der Waals surface area contributed by atoms with Crippen molar-refractivity contribution in [3.05, 3.63) is 52.6 Å². The fourth-order valence-electron chi connectivity index (χ4n) is 6.78. The molecule has 2 aliphatic heterocycles. The van der Waals surface area contributed by atoms with E-state index in [1.165, 1.54) is 23.1 Å². The van der Waals surface area contributed by atoms with E-state index in [-0.39, 0.29) is 30.2 Å². The highest BCUT2D eigenvalue weighted by Crippen LogP contribution is 2.37. The highest BCUT2D eigenvalue weighted by Gasteiger charge is 2.38. The summed E-state index contributed by atoms with van der Waals surface area (Å²) in [6.07, 6.45) is 7.28. The summed E-state index contributed by atoms with van der Waals surface area (Å²) < 4.78 is 1.48. The third-order valence-electron chi connectivity index (χ3n) is 9.24. The van der Waals surface area contributed by atoms with Crippen molar-refractivity contribution in [1.29, 1.82) is 0 Å². The number of nitrogens with two attached hydrogens (primary N) is 2. The van der Waals surface area contributed by atoms with E-state index < -0.39 is 11.2 Å². The summed E-state index contributed by atoms with van der Waals surface area (Å²) >= 11 is 0. The Hall–Kier alpha value is -2.99. The molecule has 1 aromatic heterocycles. The quantitative estimate of drug-likeness (QED) is 0.435. The standard InChI is InChI=1S/C31H46N8O3.ClH/c1-4-25(38-19-22-7-8-24(32)18-23(22)20-38)17-21-5-9-26(10-6-21)39-12-11-27(35-30(39)42)34-29(41)37-15-13-36(14-16-37)28(40)31(2,3)33;/h5-6,9-12,22-25H,4,7-8,13-20,32-33H2,1-3H3,(H,34,35,41,42);1H. The van der Waals surface area contributed by atoms with Gasteiger partial charge in [-0.2, -0.15) is 4.98 Å². The van der Waals surface area contributed by atoms with Crippen LogP contribution in [0.3, 0.4) is 0 Å². The minimum Gasteiger partial charge on any atom is -0.338 e. The number of fused-ring (bicyclic) bond motifs is 1. The first-order valence-corrected chi connectivity index (χ1v) is 15.3. The Bertz CT molecular complexity index is 1320. The highest BCUT2D eigenvalue weighted by atomic mass is 35.5. The number of hydrogen-bond acceptors (Lipinski definition) is 7. The minimum absolute atomic E-state index is 0. The molecule has 4 atom stereocenters. The largest absolute Gasteiger partial charge is 0.354 e. The molecule has 1 aromatic carbocycles. The van der Waals surface area contributed by atoms with Gasteiger partial charge in [-0.1, -0.05) is 19.1 Å². The lowest BCUT2D eigenvalue weighted by atomic mass is 9.79. The van der Waals surface area contributed by atoms with E-state index in [0.717, 1.165) is 49.8 Å². The first-order valence-electron chi connectivity index (χ1n) is 15.3. The molecule has 3 fully saturated rings. The van der Waals surface area contributed by atoms with Gasteiger partial charge in [-0.05, 0) is 81.5 Å². The number of anilines is 1. The van der Waals surface area contributed by atoms with Crippen molar-refractivity contribution in [3.8, 4) is 5.69 Å². The van der Waals surface area contributed by atoms with Crippen LogP contribution in [-0.2, 0) is 11.2 Å². The van der Waals surface area contributed by atoms with Crippen molar-refractivity contribution in [2.24, 2.45) is 23.3 Å². The lowest BCUT2D eigenvalue weighted by molar-refractivity contribution is -0.137. The third-order valence-corrected chi connectivity index (χ3v) is 9.24. The predicted octanol–water partition coefficient (Wildman–Crippen LogP) is 2.45. The molecule has 0 radical (unpaired) electrons. The van der Waals surface area contributed by atoms with E-state index >= 15 is 0 Å². The molecule has 3 amide bonds. The van der Waals surface area contributed by atoms with Crippen molar-refractivity contribution in [2.45, 2.75) is 70.5 Å². The Morgan fingerprint density at radius 2 is 1.67 bits per heavy atom. The monoisotopic (exact) mass is 614 g/mol. The Morgan fingerprint density at radius 1 is 1.02 bits per heavy atom. The zero-order valence-electron chi connectivity index (χ0n) is 25.6. The molecular formula is C31H47ClN8O3. The normalized spacial score (nSPS) is 23.3. The van der Waals surface area contributed by atoms with Gasteiger partial charge in [0.05, 0.1) is 11.2 Å². The molecule has 2 aromatic rings. The molecule has 2 saturated heterocycles. The zero-order valence-corrected chi connectivity index (χ0v) is 26.4. The van der Waals surface area contributed by atoms with Crippen molar-refractivity contribution in [3.63, 3.8) is 0 Å². The average Bonchev–Trinajstić information content (AvgIpc) is 3.38. The second-order valence-electron chi connectivity index (χ2n) is 12.9. The van der Waals surface area contributed by atoms with Crippen LogP contribution >= 0.6 is 12.4 Å². The van der Waals surface area contributed by atoms with E-state index in [4.69, 9.17) is 11.5 Å². The molecule has 4 unspecified atom stereocenters. The molecule has 1 aliphatic carbocycles. The molecule has 1 saturated carbocycles. The molecule has 236 valence electrons. The van der Waals surface area contributed by atoms with Gasteiger partial charge in [-0.3, -0.25) is 19.6 Å². The van der Waals surface area contributed by atoms with Crippen molar-refractivity contribution >= 4 is 30.2 Å².